The number of carbonyl (C=O) groups excluding carboxylic acids is 1. The van der Waals surface area contributed by atoms with Crippen LogP contribution in [0.2, 0.25) is 0 Å². The van der Waals surface area contributed by atoms with Gasteiger partial charge in [-0.05, 0) is 19.3 Å². The summed E-state index contributed by atoms with van der Waals surface area (Å²) in [5.41, 5.74) is -0.723. The van der Waals surface area contributed by atoms with Crippen molar-refractivity contribution in [1.29, 1.82) is 0 Å². The Balaban J connectivity index is 1.48. The minimum Gasteiger partial charge on any atom is -0.388 e. The molecule has 5 nitrogen and oxygen atoms in total. The van der Waals surface area contributed by atoms with Gasteiger partial charge in [-0.1, -0.05) is 39.5 Å². The molecule has 0 aromatic carbocycles. The van der Waals surface area contributed by atoms with Gasteiger partial charge in [-0.25, -0.2) is 4.79 Å². The van der Waals surface area contributed by atoms with E-state index in [-0.39, 0.29) is 23.6 Å². The van der Waals surface area contributed by atoms with Gasteiger partial charge < -0.3 is 20.5 Å². The van der Waals surface area contributed by atoms with Crippen LogP contribution in [0.3, 0.4) is 0 Å². The summed E-state index contributed by atoms with van der Waals surface area (Å²) in [6.07, 6.45) is 7.38. The molecule has 1 aliphatic heterocycles. The first-order valence-corrected chi connectivity index (χ1v) is 8.81. The highest BCUT2D eigenvalue weighted by molar-refractivity contribution is 5.74. The van der Waals surface area contributed by atoms with Crippen molar-refractivity contribution < 1.29 is 14.6 Å². The van der Waals surface area contributed by atoms with Gasteiger partial charge in [-0.2, -0.15) is 0 Å². The molecule has 1 saturated heterocycles. The quantitative estimate of drug-likeness (QED) is 0.700. The second-order valence-electron chi connectivity index (χ2n) is 8.01. The Morgan fingerprint density at radius 1 is 1.23 bits per heavy atom. The Kier molecular flexibility index (Phi) is 4.38. The monoisotopic (exact) mass is 310 g/mol. The summed E-state index contributed by atoms with van der Waals surface area (Å²) in [6.45, 7) is 5.47. The SMILES string of the molecule is CC1(C)C(NC(=O)NCC2(O)CCCCCC2)C2CCOC21. The average Bonchev–Trinajstić information content (AvgIpc) is 2.83. The zero-order chi connectivity index (χ0) is 15.8. The number of aliphatic hydroxyl groups is 1. The Hall–Kier alpha value is -0.810. The van der Waals surface area contributed by atoms with Crippen molar-refractivity contribution in [3.8, 4) is 0 Å². The summed E-state index contributed by atoms with van der Waals surface area (Å²) in [7, 11) is 0. The van der Waals surface area contributed by atoms with E-state index in [1.54, 1.807) is 0 Å². The highest BCUT2D eigenvalue weighted by atomic mass is 16.5. The number of hydrogen-bond acceptors (Lipinski definition) is 3. The fourth-order valence-electron chi connectivity index (χ4n) is 4.62. The molecule has 3 unspecified atom stereocenters. The van der Waals surface area contributed by atoms with Crippen molar-refractivity contribution in [3.05, 3.63) is 0 Å². The lowest BCUT2D eigenvalue weighted by Crippen LogP contribution is -2.68. The zero-order valence-electron chi connectivity index (χ0n) is 13.9. The van der Waals surface area contributed by atoms with E-state index in [2.05, 4.69) is 24.5 Å². The molecule has 3 N–H and O–H groups in total. The molecule has 3 rings (SSSR count). The molecule has 3 atom stereocenters. The van der Waals surface area contributed by atoms with Crippen LogP contribution < -0.4 is 10.6 Å². The average molecular weight is 310 g/mol. The van der Waals surface area contributed by atoms with Crippen molar-refractivity contribution in [2.24, 2.45) is 11.3 Å². The molecule has 5 heteroatoms. The minimum absolute atomic E-state index is 0.00226. The van der Waals surface area contributed by atoms with E-state index in [1.807, 2.05) is 0 Å². The highest BCUT2D eigenvalue weighted by Gasteiger charge is 2.59. The molecule has 2 aliphatic carbocycles. The maximum Gasteiger partial charge on any atom is 0.315 e. The minimum atomic E-state index is -0.720. The largest absolute Gasteiger partial charge is 0.388 e. The molecule has 22 heavy (non-hydrogen) atoms. The fourth-order valence-corrected chi connectivity index (χ4v) is 4.62. The smallest absolute Gasteiger partial charge is 0.315 e. The lowest BCUT2D eigenvalue weighted by atomic mass is 9.57. The first-order chi connectivity index (χ1) is 10.4. The maximum atomic E-state index is 12.2. The van der Waals surface area contributed by atoms with Crippen LogP contribution in [-0.4, -0.2) is 42.0 Å². The topological polar surface area (TPSA) is 70.6 Å². The molecule has 2 amide bonds. The molecule has 3 fully saturated rings. The van der Waals surface area contributed by atoms with Crippen LogP contribution in [-0.2, 0) is 4.74 Å². The summed E-state index contributed by atoms with van der Waals surface area (Å²) in [5, 5.41) is 16.6. The molecule has 0 aromatic heterocycles. The first-order valence-electron chi connectivity index (χ1n) is 8.81. The molecule has 0 spiro atoms. The van der Waals surface area contributed by atoms with E-state index in [9.17, 15) is 9.90 Å². The van der Waals surface area contributed by atoms with Crippen LogP contribution in [0.5, 0.6) is 0 Å². The standard InChI is InChI=1S/C17H30N2O3/c1-16(2)13(12-7-10-22-14(12)16)19-15(20)18-11-17(21)8-5-3-4-6-9-17/h12-14,21H,3-11H2,1-2H3,(H2,18,19,20). The lowest BCUT2D eigenvalue weighted by Gasteiger charge is -2.54. The second-order valence-corrected chi connectivity index (χ2v) is 8.01. The lowest BCUT2D eigenvalue weighted by molar-refractivity contribution is -0.108. The number of ether oxygens (including phenoxy) is 1. The van der Waals surface area contributed by atoms with Crippen LogP contribution in [0, 0.1) is 11.3 Å². The van der Waals surface area contributed by atoms with Gasteiger partial charge >= 0.3 is 6.03 Å². The summed E-state index contributed by atoms with van der Waals surface area (Å²) in [6, 6.07) is 0.0184. The first kappa shape index (κ1) is 16.1. The Morgan fingerprint density at radius 3 is 2.59 bits per heavy atom. The second kappa shape index (κ2) is 6.00. The van der Waals surface area contributed by atoms with Crippen LogP contribution in [0.15, 0.2) is 0 Å². The molecular weight excluding hydrogens is 280 g/mol. The Bertz CT molecular complexity index is 416. The van der Waals surface area contributed by atoms with Crippen LogP contribution in [0.25, 0.3) is 0 Å². The molecule has 3 aliphatic rings. The third-order valence-corrected chi connectivity index (χ3v) is 6.00. The van der Waals surface area contributed by atoms with Crippen molar-refractivity contribution in [2.75, 3.05) is 13.2 Å². The molecule has 1 heterocycles. The number of rotatable bonds is 3. The van der Waals surface area contributed by atoms with Gasteiger partial charge in [0.1, 0.15) is 0 Å². The summed E-state index contributed by atoms with van der Waals surface area (Å²) in [5.74, 6) is 0.446. The van der Waals surface area contributed by atoms with Crippen molar-refractivity contribution >= 4 is 6.03 Å². The van der Waals surface area contributed by atoms with Gasteiger partial charge in [0.15, 0.2) is 0 Å². The number of amides is 2. The highest BCUT2D eigenvalue weighted by Crippen LogP contribution is 2.52. The van der Waals surface area contributed by atoms with E-state index in [0.717, 1.165) is 38.7 Å². The summed E-state index contributed by atoms with van der Waals surface area (Å²) >= 11 is 0. The number of fused-ring (bicyclic) bond motifs is 1. The molecule has 2 saturated carbocycles. The molecule has 0 aromatic rings. The van der Waals surface area contributed by atoms with Crippen molar-refractivity contribution in [3.63, 3.8) is 0 Å². The predicted molar refractivity (Wildman–Crippen MR) is 84.6 cm³/mol. The van der Waals surface area contributed by atoms with E-state index in [1.165, 1.54) is 12.8 Å². The Labute approximate surface area is 133 Å². The van der Waals surface area contributed by atoms with E-state index >= 15 is 0 Å². The molecule has 126 valence electrons. The van der Waals surface area contributed by atoms with Gasteiger partial charge in [0, 0.05) is 30.5 Å². The van der Waals surface area contributed by atoms with Gasteiger partial charge in [-0.3, -0.25) is 0 Å². The van der Waals surface area contributed by atoms with Crippen molar-refractivity contribution in [2.45, 2.75) is 76.5 Å². The van der Waals surface area contributed by atoms with Gasteiger partial charge in [-0.15, -0.1) is 0 Å². The third kappa shape index (κ3) is 2.98. The third-order valence-electron chi connectivity index (χ3n) is 6.00. The van der Waals surface area contributed by atoms with E-state index in [0.29, 0.717) is 12.5 Å². The summed E-state index contributed by atoms with van der Waals surface area (Å²) in [4.78, 5) is 12.2. The van der Waals surface area contributed by atoms with Crippen LogP contribution >= 0.6 is 0 Å². The van der Waals surface area contributed by atoms with Crippen molar-refractivity contribution in [1.82, 2.24) is 10.6 Å². The number of carbonyl (C=O) groups is 1. The fraction of sp³-hybridized carbons (Fsp3) is 0.941. The summed E-state index contributed by atoms with van der Waals surface area (Å²) < 4.78 is 5.75. The number of nitrogens with one attached hydrogen (secondary N) is 2. The molecular formula is C17H30N2O3. The van der Waals surface area contributed by atoms with Crippen LogP contribution in [0.1, 0.15) is 58.8 Å². The van der Waals surface area contributed by atoms with E-state index < -0.39 is 5.60 Å². The molecule has 0 bridgehead atoms. The maximum absolute atomic E-state index is 12.2. The van der Waals surface area contributed by atoms with E-state index in [4.69, 9.17) is 4.74 Å². The Morgan fingerprint density at radius 2 is 1.91 bits per heavy atom. The molecule has 0 radical (unpaired) electrons. The van der Waals surface area contributed by atoms with Gasteiger partial charge in [0.05, 0.1) is 11.7 Å². The van der Waals surface area contributed by atoms with Crippen LogP contribution in [0.4, 0.5) is 4.79 Å². The zero-order valence-corrected chi connectivity index (χ0v) is 13.9. The number of hydrogen-bond donors (Lipinski definition) is 3. The van der Waals surface area contributed by atoms with Gasteiger partial charge in [0.2, 0.25) is 0 Å². The van der Waals surface area contributed by atoms with Gasteiger partial charge in [0.25, 0.3) is 0 Å². The predicted octanol–water partition coefficient (Wildman–Crippen LogP) is 2.18. The normalized spacial score (nSPS) is 35.9. The number of urea groups is 1.